The Hall–Kier alpha value is -2.65. The molecule has 3 saturated heterocycles. The molecule has 8 nitrogen and oxygen atoms in total. The molecular formula is C20H26FN5O3. The summed E-state index contributed by atoms with van der Waals surface area (Å²) in [6, 6.07) is 4.80. The minimum Gasteiger partial charge on any atom is -0.467 e. The van der Waals surface area contributed by atoms with Crippen molar-refractivity contribution < 1.29 is 19.0 Å². The molecule has 0 radical (unpaired) electrons. The molecule has 0 aliphatic carbocycles. The fourth-order valence-corrected chi connectivity index (χ4v) is 4.01. The molecule has 9 heteroatoms. The molecule has 4 heterocycles. The molecule has 3 aliphatic rings. The second kappa shape index (κ2) is 7.64. The first-order valence-corrected chi connectivity index (χ1v) is 9.72. The molecule has 0 unspecified atom stereocenters. The lowest BCUT2D eigenvalue weighted by Crippen LogP contribution is -2.62. The van der Waals surface area contributed by atoms with Crippen molar-refractivity contribution in [3.8, 4) is 11.8 Å². The van der Waals surface area contributed by atoms with E-state index in [4.69, 9.17) is 15.2 Å². The molecule has 1 aromatic carbocycles. The summed E-state index contributed by atoms with van der Waals surface area (Å²) in [6.07, 6.45) is 1.79. The first kappa shape index (κ1) is 19.7. The number of piperidine rings is 3. The highest BCUT2D eigenvalue weighted by Gasteiger charge is 2.47. The Kier molecular flexibility index (Phi) is 5.18. The Labute approximate surface area is 168 Å². The normalized spacial score (nSPS) is 25.7. The number of benzene rings is 1. The maximum absolute atomic E-state index is 14.6. The smallest absolute Gasteiger partial charge is 0.318 e. The van der Waals surface area contributed by atoms with E-state index in [-0.39, 0.29) is 18.5 Å². The van der Waals surface area contributed by atoms with Gasteiger partial charge in [0.25, 0.3) is 0 Å². The van der Waals surface area contributed by atoms with E-state index >= 15 is 0 Å². The highest BCUT2D eigenvalue weighted by molar-refractivity contribution is 5.64. The molecule has 2 aromatic rings. The van der Waals surface area contributed by atoms with Gasteiger partial charge in [0.05, 0.1) is 25.0 Å². The summed E-state index contributed by atoms with van der Waals surface area (Å²) in [5, 5.41) is 13.9. The molecule has 4 N–H and O–H groups in total. The number of nitrogens with zero attached hydrogens (tertiary/aromatic N) is 3. The molecule has 0 amide bonds. The number of ether oxygens (including phenoxy) is 2. The zero-order chi connectivity index (χ0) is 20.6. The molecule has 1 atom stereocenters. The van der Waals surface area contributed by atoms with E-state index in [0.29, 0.717) is 35.1 Å². The lowest BCUT2D eigenvalue weighted by molar-refractivity contribution is -0.229. The Morgan fingerprint density at radius 1 is 1.34 bits per heavy atom. The molecule has 3 fully saturated rings. The zero-order valence-corrected chi connectivity index (χ0v) is 16.6. The van der Waals surface area contributed by atoms with Crippen molar-refractivity contribution in [2.45, 2.75) is 32.1 Å². The number of rotatable bonds is 6. The molecular weight excluding hydrogens is 377 g/mol. The van der Waals surface area contributed by atoms with Gasteiger partial charge in [0.15, 0.2) is 5.82 Å². The maximum Gasteiger partial charge on any atom is 0.318 e. The number of anilines is 2. The van der Waals surface area contributed by atoms with Gasteiger partial charge < -0.3 is 25.6 Å². The van der Waals surface area contributed by atoms with Crippen LogP contribution in [-0.4, -0.2) is 52.5 Å². The quantitative estimate of drug-likeness (QED) is 0.628. The minimum atomic E-state index is -1.26. The second-order valence-electron chi connectivity index (χ2n) is 7.66. The SMILES string of the molecule is COc1nc(C)c(N)c(NCc2ccc(O[C@@]3(O)CN4CCC3CC4)cc2F)n1. The summed E-state index contributed by atoms with van der Waals surface area (Å²) >= 11 is 0. The third kappa shape index (κ3) is 3.92. The molecule has 1 aromatic heterocycles. The van der Waals surface area contributed by atoms with E-state index in [9.17, 15) is 9.50 Å². The van der Waals surface area contributed by atoms with Gasteiger partial charge in [0.2, 0.25) is 5.79 Å². The summed E-state index contributed by atoms with van der Waals surface area (Å²) < 4.78 is 25.5. The summed E-state index contributed by atoms with van der Waals surface area (Å²) in [7, 11) is 1.47. The van der Waals surface area contributed by atoms with Gasteiger partial charge in [-0.2, -0.15) is 9.97 Å². The fourth-order valence-electron chi connectivity index (χ4n) is 4.01. The van der Waals surface area contributed by atoms with Crippen molar-refractivity contribution in [1.29, 1.82) is 0 Å². The van der Waals surface area contributed by atoms with Crippen LogP contribution in [0.2, 0.25) is 0 Å². The fraction of sp³-hybridized carbons (Fsp3) is 0.500. The molecule has 0 saturated carbocycles. The number of fused-ring (bicyclic) bond motifs is 3. The third-order valence-corrected chi connectivity index (χ3v) is 5.74. The number of halogens is 1. The van der Waals surface area contributed by atoms with Crippen LogP contribution in [0.15, 0.2) is 18.2 Å². The topological polar surface area (TPSA) is 106 Å². The molecule has 3 aliphatic heterocycles. The molecule has 156 valence electrons. The van der Waals surface area contributed by atoms with Crippen LogP contribution < -0.4 is 20.5 Å². The van der Waals surface area contributed by atoms with E-state index in [0.717, 1.165) is 25.9 Å². The number of aryl methyl sites for hydroxylation is 1. The monoisotopic (exact) mass is 403 g/mol. The van der Waals surface area contributed by atoms with E-state index in [1.54, 1.807) is 19.1 Å². The van der Waals surface area contributed by atoms with Gasteiger partial charge in [0.1, 0.15) is 11.6 Å². The number of aliphatic hydroxyl groups is 1. The number of methoxy groups -OCH3 is 1. The van der Waals surface area contributed by atoms with Gasteiger partial charge in [-0.15, -0.1) is 0 Å². The van der Waals surface area contributed by atoms with Crippen LogP contribution in [0, 0.1) is 18.7 Å². The Morgan fingerprint density at radius 3 is 2.72 bits per heavy atom. The van der Waals surface area contributed by atoms with Crippen molar-refractivity contribution in [2.24, 2.45) is 5.92 Å². The number of aromatic nitrogens is 2. The first-order valence-electron chi connectivity index (χ1n) is 9.72. The first-order chi connectivity index (χ1) is 13.9. The largest absolute Gasteiger partial charge is 0.467 e. The van der Waals surface area contributed by atoms with Gasteiger partial charge in [-0.1, -0.05) is 6.07 Å². The minimum absolute atomic E-state index is 0.0795. The highest BCUT2D eigenvalue weighted by Crippen LogP contribution is 2.37. The van der Waals surface area contributed by atoms with Crippen molar-refractivity contribution in [1.82, 2.24) is 14.9 Å². The lowest BCUT2D eigenvalue weighted by atomic mass is 9.83. The maximum atomic E-state index is 14.6. The van der Waals surface area contributed by atoms with Crippen LogP contribution in [0.5, 0.6) is 11.8 Å². The van der Waals surface area contributed by atoms with Crippen LogP contribution in [0.4, 0.5) is 15.9 Å². The van der Waals surface area contributed by atoms with E-state index in [1.165, 1.54) is 13.2 Å². The van der Waals surface area contributed by atoms with Gasteiger partial charge >= 0.3 is 6.01 Å². The van der Waals surface area contributed by atoms with Crippen LogP contribution in [0.25, 0.3) is 0 Å². The number of hydrogen-bond acceptors (Lipinski definition) is 8. The summed E-state index contributed by atoms with van der Waals surface area (Å²) in [5.74, 6) is -0.907. The highest BCUT2D eigenvalue weighted by atomic mass is 19.1. The number of nitrogens with one attached hydrogen (secondary N) is 1. The molecule has 29 heavy (non-hydrogen) atoms. The van der Waals surface area contributed by atoms with E-state index < -0.39 is 11.6 Å². The second-order valence-corrected chi connectivity index (χ2v) is 7.66. The average molecular weight is 403 g/mol. The van der Waals surface area contributed by atoms with Gasteiger partial charge in [-0.05, 0) is 38.9 Å². The van der Waals surface area contributed by atoms with Gasteiger partial charge in [-0.3, -0.25) is 4.90 Å². The third-order valence-electron chi connectivity index (χ3n) is 5.74. The van der Waals surface area contributed by atoms with Crippen molar-refractivity contribution >= 4 is 11.5 Å². The van der Waals surface area contributed by atoms with Gasteiger partial charge in [-0.25, -0.2) is 4.39 Å². The van der Waals surface area contributed by atoms with E-state index in [2.05, 4.69) is 20.2 Å². The number of hydrogen-bond donors (Lipinski definition) is 3. The molecule has 0 spiro atoms. The van der Waals surface area contributed by atoms with Crippen molar-refractivity contribution in [3.63, 3.8) is 0 Å². The summed E-state index contributed by atoms with van der Waals surface area (Å²) in [5.41, 5.74) is 7.38. The predicted octanol–water partition coefficient (Wildman–Crippen LogP) is 1.92. The molecule has 2 bridgehead atoms. The standard InChI is InChI=1S/C20H26FN5O3/c1-12-17(22)18(25-19(24-12)28-2)23-10-13-3-4-15(9-16(13)21)29-20(27)11-26-7-5-14(20)6-8-26/h3-4,9,14,27H,5-8,10-11,22H2,1-2H3,(H,23,24,25)/t20-/m0/s1. The van der Waals surface area contributed by atoms with Gasteiger partial charge in [0, 0.05) is 24.1 Å². The predicted molar refractivity (Wildman–Crippen MR) is 106 cm³/mol. The van der Waals surface area contributed by atoms with Crippen LogP contribution >= 0.6 is 0 Å². The molecule has 5 rings (SSSR count). The Bertz CT molecular complexity index is 904. The zero-order valence-electron chi connectivity index (χ0n) is 16.6. The Morgan fingerprint density at radius 2 is 2.10 bits per heavy atom. The van der Waals surface area contributed by atoms with E-state index in [1.807, 2.05) is 0 Å². The number of nitrogen functional groups attached to an aromatic ring is 1. The van der Waals surface area contributed by atoms with Crippen LogP contribution in [0.3, 0.4) is 0 Å². The summed E-state index contributed by atoms with van der Waals surface area (Å²) in [6.45, 7) is 4.33. The summed E-state index contributed by atoms with van der Waals surface area (Å²) in [4.78, 5) is 10.4. The lowest BCUT2D eigenvalue weighted by Gasteiger charge is -2.49. The van der Waals surface area contributed by atoms with Crippen LogP contribution in [-0.2, 0) is 6.54 Å². The van der Waals surface area contributed by atoms with Crippen molar-refractivity contribution in [2.75, 3.05) is 37.8 Å². The van der Waals surface area contributed by atoms with Crippen LogP contribution in [0.1, 0.15) is 24.1 Å². The Balaban J connectivity index is 1.45. The van der Waals surface area contributed by atoms with Crippen molar-refractivity contribution in [3.05, 3.63) is 35.3 Å². The average Bonchev–Trinajstić information content (AvgIpc) is 2.70. The number of nitrogens with two attached hydrogens (primary N) is 1.